The molecule has 7 aliphatic rings. The summed E-state index contributed by atoms with van der Waals surface area (Å²) >= 11 is 0. The quantitative estimate of drug-likeness (QED) is 0.189. The molecule has 3 N–H and O–H groups in total. The van der Waals surface area contributed by atoms with E-state index in [2.05, 4.69) is 52.5 Å². The first-order valence-corrected chi connectivity index (χ1v) is 21.3. The third-order valence-corrected chi connectivity index (χ3v) is 15.3. The molecule has 0 aromatic carbocycles. The van der Waals surface area contributed by atoms with E-state index in [0.29, 0.717) is 42.4 Å². The highest BCUT2D eigenvalue weighted by atomic mass is 31.2. The maximum Gasteiger partial charge on any atom is 0.472 e. The van der Waals surface area contributed by atoms with Gasteiger partial charge in [0.15, 0.2) is 11.6 Å². The topological polar surface area (TPSA) is 143 Å². The van der Waals surface area contributed by atoms with E-state index in [9.17, 15) is 24.3 Å². The fourth-order valence-electron chi connectivity index (χ4n) is 12.2. The zero-order chi connectivity index (χ0) is 35.8. The van der Waals surface area contributed by atoms with Gasteiger partial charge in [-0.2, -0.15) is 9.97 Å². The molecule has 0 amide bonds. The highest BCUT2D eigenvalue weighted by molar-refractivity contribution is 7.46. The molecule has 4 heterocycles. The van der Waals surface area contributed by atoms with Crippen LogP contribution in [0.1, 0.15) is 91.4 Å². The summed E-state index contributed by atoms with van der Waals surface area (Å²) in [5, 5.41) is 11.0. The summed E-state index contributed by atoms with van der Waals surface area (Å²) in [5.41, 5.74) is 0.918. The first-order chi connectivity index (χ1) is 24.2. The molecule has 4 aliphatic carbocycles. The number of Topliss-reactive ketones (excluding diaryl/α,β-unsaturated/α-hetero) is 1. The van der Waals surface area contributed by atoms with Crippen molar-refractivity contribution in [3.05, 3.63) is 17.7 Å². The molecule has 0 unspecified atom stereocenters. The van der Waals surface area contributed by atoms with Crippen LogP contribution in [0, 0.1) is 40.4 Å². The Balaban J connectivity index is 0.921. The Morgan fingerprint density at radius 2 is 1.53 bits per heavy atom. The fourth-order valence-corrected chi connectivity index (χ4v) is 12.8. The lowest BCUT2D eigenvalue weighted by Crippen LogP contribution is -2.54. The van der Waals surface area contributed by atoms with Crippen molar-refractivity contribution < 1.29 is 28.8 Å². The number of allylic oxidation sites excluding steroid dienone is 1. The number of aromatic nitrogens is 2. The monoisotopic (exact) mass is 726 g/mol. The van der Waals surface area contributed by atoms with Crippen molar-refractivity contribution in [3.8, 4) is 0 Å². The molecule has 0 spiro atoms. The zero-order valence-electron chi connectivity index (χ0n) is 30.9. The second-order valence-electron chi connectivity index (χ2n) is 17.7. The molecule has 1 aromatic heterocycles. The minimum Gasteiger partial charge on any atom is -0.365 e. The highest BCUT2D eigenvalue weighted by Crippen LogP contribution is 2.68. The van der Waals surface area contributed by atoms with Crippen LogP contribution in [-0.4, -0.2) is 100 Å². The van der Waals surface area contributed by atoms with Crippen molar-refractivity contribution >= 4 is 31.2 Å². The molecule has 51 heavy (non-hydrogen) atoms. The second kappa shape index (κ2) is 13.3. The van der Waals surface area contributed by atoms with Gasteiger partial charge in [-0.05, 0) is 92.3 Å². The summed E-state index contributed by atoms with van der Waals surface area (Å²) < 4.78 is 16.5. The van der Waals surface area contributed by atoms with Gasteiger partial charge >= 0.3 is 7.82 Å². The minimum absolute atomic E-state index is 0.0287. The average Bonchev–Trinajstić information content (AvgIpc) is 3.86. The number of hydrogen-bond acceptors (Lipinski definition) is 10. The van der Waals surface area contributed by atoms with Gasteiger partial charge in [-0.25, -0.2) is 4.57 Å². The van der Waals surface area contributed by atoms with Gasteiger partial charge in [-0.3, -0.25) is 14.2 Å². The van der Waals surface area contributed by atoms with E-state index in [-0.39, 0.29) is 29.6 Å². The van der Waals surface area contributed by atoms with E-state index < -0.39 is 13.6 Å². The van der Waals surface area contributed by atoms with Gasteiger partial charge in [0.05, 0.1) is 6.54 Å². The van der Waals surface area contributed by atoms with Crippen LogP contribution in [-0.2, 0) is 13.9 Å². The van der Waals surface area contributed by atoms with Crippen LogP contribution in [0.15, 0.2) is 17.7 Å². The number of aliphatic hydroxyl groups is 1. The van der Waals surface area contributed by atoms with Crippen molar-refractivity contribution in [3.63, 3.8) is 0 Å². The molecule has 8 rings (SSSR count). The molecule has 0 radical (unpaired) electrons. The van der Waals surface area contributed by atoms with Gasteiger partial charge in [0.1, 0.15) is 11.6 Å². The van der Waals surface area contributed by atoms with E-state index in [1.807, 2.05) is 0 Å². The number of nitrogens with zero attached hydrogens (tertiary/aromatic N) is 6. The van der Waals surface area contributed by atoms with Crippen LogP contribution in [0.2, 0.25) is 0 Å². The molecule has 13 heteroatoms. The standard InChI is InChI=1S/C38H59N6O6P/c1-26-22-30-28-9-8-27-24-38(46,50-51(47,48)49)13-12-36(27,2)29(28)10-11-37(30,3)34(26)31(45)25-41-18-20-43(21-19-41)33-23-32(42-14-4-5-15-42)39-35(40-33)44-16-6-7-17-44/h8,23,26,28-30,34,46H,4-7,9-22,24-25H2,1-3H3,(H2,47,48,49)/t26-,28-,29+,30+,34-,36+,37+,38-/m1/s1. The summed E-state index contributed by atoms with van der Waals surface area (Å²) in [6.07, 6.45) is 12.1. The first kappa shape index (κ1) is 35.9. The Morgan fingerprint density at radius 3 is 2.18 bits per heavy atom. The Bertz CT molecular complexity index is 1540. The van der Waals surface area contributed by atoms with Gasteiger partial charge in [-0.15, -0.1) is 0 Å². The van der Waals surface area contributed by atoms with E-state index >= 15 is 0 Å². The minimum atomic E-state index is -4.81. The van der Waals surface area contributed by atoms with E-state index in [1.165, 1.54) is 25.7 Å². The van der Waals surface area contributed by atoms with Crippen molar-refractivity contribution in [1.82, 2.24) is 14.9 Å². The van der Waals surface area contributed by atoms with Crippen LogP contribution in [0.4, 0.5) is 17.6 Å². The number of phosphoric ester groups is 1. The van der Waals surface area contributed by atoms with Gasteiger partial charge < -0.3 is 29.6 Å². The fraction of sp³-hybridized carbons (Fsp3) is 0.816. The predicted molar refractivity (Wildman–Crippen MR) is 196 cm³/mol. The van der Waals surface area contributed by atoms with Crippen molar-refractivity contribution in [2.75, 3.05) is 73.6 Å². The lowest BCUT2D eigenvalue weighted by molar-refractivity contribution is -0.179. The third kappa shape index (κ3) is 6.69. The maximum atomic E-state index is 14.4. The van der Waals surface area contributed by atoms with Gasteiger partial charge in [-0.1, -0.05) is 32.4 Å². The second-order valence-corrected chi connectivity index (χ2v) is 18.9. The number of anilines is 3. The predicted octanol–water partition coefficient (Wildman–Crippen LogP) is 4.99. The normalized spacial score (nSPS) is 38.7. The Morgan fingerprint density at radius 1 is 0.902 bits per heavy atom. The molecule has 0 bridgehead atoms. The van der Waals surface area contributed by atoms with Gasteiger partial charge in [0, 0.05) is 77.2 Å². The molecule has 3 aliphatic heterocycles. The molecular weight excluding hydrogens is 667 g/mol. The SMILES string of the molecule is C[C@@H]1C[C@H]2[C@@H]3CC=C4C[C@](O)(OP(=O)(O)O)CC[C@]4(C)[C@H]3CC[C@]2(C)[C@H]1C(=O)CN1CCN(c2cc(N3CCCC3)nc(N3CCCC3)n2)CC1. The molecule has 6 fully saturated rings. The summed E-state index contributed by atoms with van der Waals surface area (Å²) in [5.74, 6) is 3.29. The number of rotatable bonds is 8. The molecular formula is C38H59N6O6P. The molecule has 3 saturated heterocycles. The summed E-state index contributed by atoms with van der Waals surface area (Å²) in [6, 6.07) is 2.19. The highest BCUT2D eigenvalue weighted by Gasteiger charge is 2.62. The number of phosphoric acid groups is 1. The van der Waals surface area contributed by atoms with E-state index in [0.717, 1.165) is 101 Å². The number of piperazine rings is 1. The molecule has 1 aromatic rings. The smallest absolute Gasteiger partial charge is 0.365 e. The third-order valence-electron chi connectivity index (χ3n) is 14.7. The Hall–Kier alpha value is -2.08. The Labute approximate surface area is 303 Å². The number of carbonyl (C=O) groups is 1. The summed E-state index contributed by atoms with van der Waals surface area (Å²) in [7, 11) is -4.81. The van der Waals surface area contributed by atoms with Crippen molar-refractivity contribution in [2.24, 2.45) is 40.4 Å². The molecule has 3 saturated carbocycles. The van der Waals surface area contributed by atoms with E-state index in [1.54, 1.807) is 0 Å². The largest absolute Gasteiger partial charge is 0.472 e. The van der Waals surface area contributed by atoms with Gasteiger partial charge in [0.2, 0.25) is 5.95 Å². The molecule has 12 nitrogen and oxygen atoms in total. The Kier molecular flexibility index (Phi) is 9.40. The van der Waals surface area contributed by atoms with Gasteiger partial charge in [0.25, 0.3) is 0 Å². The van der Waals surface area contributed by atoms with Crippen LogP contribution >= 0.6 is 7.82 Å². The molecule has 282 valence electrons. The van der Waals surface area contributed by atoms with Crippen LogP contribution in [0.25, 0.3) is 0 Å². The number of hydrogen-bond donors (Lipinski definition) is 3. The maximum absolute atomic E-state index is 14.4. The first-order valence-electron chi connectivity index (χ1n) is 19.8. The molecule has 8 atom stereocenters. The van der Waals surface area contributed by atoms with Crippen LogP contribution in [0.5, 0.6) is 0 Å². The lowest BCUT2D eigenvalue weighted by Gasteiger charge is -2.58. The average molecular weight is 727 g/mol. The summed E-state index contributed by atoms with van der Waals surface area (Å²) in [4.78, 5) is 52.8. The van der Waals surface area contributed by atoms with Crippen molar-refractivity contribution in [1.29, 1.82) is 0 Å². The van der Waals surface area contributed by atoms with Crippen LogP contribution < -0.4 is 14.7 Å². The van der Waals surface area contributed by atoms with E-state index in [4.69, 9.17) is 14.5 Å². The number of carbonyl (C=O) groups excluding carboxylic acids is 1. The number of ketones is 1. The van der Waals surface area contributed by atoms with Crippen LogP contribution in [0.3, 0.4) is 0 Å². The number of fused-ring (bicyclic) bond motifs is 5. The zero-order valence-corrected chi connectivity index (χ0v) is 31.8. The summed E-state index contributed by atoms with van der Waals surface area (Å²) in [6.45, 7) is 15.1. The lowest BCUT2D eigenvalue weighted by atomic mass is 9.47. The van der Waals surface area contributed by atoms with Crippen molar-refractivity contribution in [2.45, 2.75) is 97.2 Å².